The molecule has 2 aromatic rings. The average Bonchev–Trinajstić information content (AvgIpc) is 2.82. The predicted octanol–water partition coefficient (Wildman–Crippen LogP) is 1.53. The second kappa shape index (κ2) is 4.80. The Morgan fingerprint density at radius 1 is 1.25 bits per heavy atom. The minimum absolute atomic E-state index is 0.156. The normalized spacial score (nSPS) is 15.2. The van der Waals surface area contributed by atoms with Crippen LogP contribution in [0.25, 0.3) is 0 Å². The molecule has 0 saturated carbocycles. The second-order valence-electron chi connectivity index (χ2n) is 4.40. The van der Waals surface area contributed by atoms with Crippen LogP contribution in [0.3, 0.4) is 0 Å². The summed E-state index contributed by atoms with van der Waals surface area (Å²) in [6.07, 6.45) is 1.58. The van der Waals surface area contributed by atoms with E-state index in [2.05, 4.69) is 25.9 Å². The van der Waals surface area contributed by atoms with Crippen LogP contribution in [0.1, 0.15) is 11.3 Å². The number of rotatable bonds is 2. The maximum atomic E-state index is 12.6. The lowest BCUT2D eigenvalue weighted by Crippen LogP contribution is -2.26. The van der Waals surface area contributed by atoms with Crippen LogP contribution in [0, 0.1) is 0 Å². The Kier molecular flexibility index (Phi) is 3.23. The van der Waals surface area contributed by atoms with Crippen molar-refractivity contribution in [3.05, 3.63) is 46.2 Å². The molecule has 8 heteroatoms. The van der Waals surface area contributed by atoms with Crippen molar-refractivity contribution in [1.82, 2.24) is 14.3 Å². The number of hydrogen-bond donors (Lipinski definition) is 1. The largest absolute Gasteiger partial charge is 0.368 e. The number of aromatic nitrogens is 2. The molecule has 0 atom stereocenters. The van der Waals surface area contributed by atoms with E-state index in [4.69, 9.17) is 5.73 Å². The number of fused-ring (bicyclic) bond motifs is 1. The Labute approximate surface area is 124 Å². The SMILES string of the molecule is Nc1ncc2c(n1)CN(S(=O)(=O)c1ccccc1Br)C2. The zero-order valence-corrected chi connectivity index (χ0v) is 12.7. The van der Waals surface area contributed by atoms with Crippen LogP contribution in [-0.2, 0) is 23.1 Å². The zero-order chi connectivity index (χ0) is 14.3. The Balaban J connectivity index is 1.98. The highest BCUT2D eigenvalue weighted by molar-refractivity contribution is 9.10. The number of nitrogens with two attached hydrogens (primary N) is 1. The van der Waals surface area contributed by atoms with Gasteiger partial charge in [-0.25, -0.2) is 18.4 Å². The molecule has 0 aliphatic carbocycles. The molecule has 6 nitrogen and oxygen atoms in total. The highest BCUT2D eigenvalue weighted by Crippen LogP contribution is 2.30. The van der Waals surface area contributed by atoms with E-state index in [0.717, 1.165) is 5.56 Å². The van der Waals surface area contributed by atoms with E-state index in [1.54, 1.807) is 30.5 Å². The smallest absolute Gasteiger partial charge is 0.244 e. The molecule has 0 spiro atoms. The molecule has 104 valence electrons. The first kappa shape index (κ1) is 13.5. The molecule has 0 unspecified atom stereocenters. The van der Waals surface area contributed by atoms with Gasteiger partial charge in [0.25, 0.3) is 0 Å². The summed E-state index contributed by atoms with van der Waals surface area (Å²) >= 11 is 3.27. The van der Waals surface area contributed by atoms with Crippen molar-refractivity contribution in [1.29, 1.82) is 0 Å². The van der Waals surface area contributed by atoms with Crippen molar-refractivity contribution in [2.75, 3.05) is 5.73 Å². The van der Waals surface area contributed by atoms with Gasteiger partial charge >= 0.3 is 0 Å². The Morgan fingerprint density at radius 3 is 2.75 bits per heavy atom. The Morgan fingerprint density at radius 2 is 2.00 bits per heavy atom. The van der Waals surface area contributed by atoms with E-state index in [1.165, 1.54) is 4.31 Å². The fraction of sp³-hybridized carbons (Fsp3) is 0.167. The van der Waals surface area contributed by atoms with Gasteiger partial charge in [-0.1, -0.05) is 12.1 Å². The minimum atomic E-state index is -3.57. The molecule has 0 saturated heterocycles. The molecule has 1 aliphatic heterocycles. The maximum absolute atomic E-state index is 12.6. The van der Waals surface area contributed by atoms with Crippen molar-refractivity contribution in [3.63, 3.8) is 0 Å². The van der Waals surface area contributed by atoms with Gasteiger partial charge in [0.15, 0.2) is 0 Å². The first-order valence-corrected chi connectivity index (χ1v) is 8.07. The molecule has 0 radical (unpaired) electrons. The molecular formula is C12H11BrN4O2S. The standard InChI is InChI=1S/C12H11BrN4O2S/c13-9-3-1-2-4-11(9)20(18,19)17-6-8-5-15-12(14)16-10(8)7-17/h1-5H,6-7H2,(H2,14,15,16). The van der Waals surface area contributed by atoms with E-state index in [-0.39, 0.29) is 23.9 Å². The van der Waals surface area contributed by atoms with Crippen molar-refractivity contribution in [3.8, 4) is 0 Å². The van der Waals surface area contributed by atoms with Crippen LogP contribution in [0.5, 0.6) is 0 Å². The molecule has 20 heavy (non-hydrogen) atoms. The third-order valence-corrected chi connectivity index (χ3v) is 5.90. The van der Waals surface area contributed by atoms with Crippen molar-refractivity contribution < 1.29 is 8.42 Å². The lowest BCUT2D eigenvalue weighted by atomic mass is 10.3. The average molecular weight is 355 g/mol. The number of halogens is 1. The first-order valence-electron chi connectivity index (χ1n) is 5.83. The third kappa shape index (κ3) is 2.19. The number of anilines is 1. The van der Waals surface area contributed by atoms with Gasteiger partial charge in [-0.3, -0.25) is 0 Å². The van der Waals surface area contributed by atoms with Gasteiger partial charge < -0.3 is 5.73 Å². The van der Waals surface area contributed by atoms with E-state index in [0.29, 0.717) is 10.2 Å². The summed E-state index contributed by atoms with van der Waals surface area (Å²) in [5.74, 6) is 0.156. The molecular weight excluding hydrogens is 344 g/mol. The third-order valence-electron chi connectivity index (χ3n) is 3.10. The molecule has 2 heterocycles. The van der Waals surface area contributed by atoms with Gasteiger partial charge in [0.05, 0.1) is 17.1 Å². The van der Waals surface area contributed by atoms with Crippen molar-refractivity contribution in [2.45, 2.75) is 18.0 Å². The van der Waals surface area contributed by atoms with Crippen LogP contribution in [-0.4, -0.2) is 22.7 Å². The van der Waals surface area contributed by atoms with Crippen LogP contribution in [0.2, 0.25) is 0 Å². The van der Waals surface area contributed by atoms with Crippen molar-refractivity contribution in [2.24, 2.45) is 0 Å². The predicted molar refractivity (Wildman–Crippen MR) is 77.0 cm³/mol. The summed E-state index contributed by atoms with van der Waals surface area (Å²) in [4.78, 5) is 8.22. The molecule has 0 bridgehead atoms. The van der Waals surface area contributed by atoms with Gasteiger partial charge in [-0.15, -0.1) is 0 Å². The van der Waals surface area contributed by atoms with Crippen LogP contribution in [0.15, 0.2) is 39.8 Å². The number of nitrogen functional groups attached to an aromatic ring is 1. The van der Waals surface area contributed by atoms with Crippen LogP contribution in [0.4, 0.5) is 5.95 Å². The first-order chi connectivity index (χ1) is 9.48. The number of benzene rings is 1. The number of sulfonamides is 1. The summed E-state index contributed by atoms with van der Waals surface area (Å²) in [5.41, 5.74) is 6.97. The summed E-state index contributed by atoms with van der Waals surface area (Å²) in [5, 5.41) is 0. The summed E-state index contributed by atoms with van der Waals surface area (Å²) in [6.45, 7) is 0.477. The lowest BCUT2D eigenvalue weighted by molar-refractivity contribution is 0.429. The topological polar surface area (TPSA) is 89.2 Å². The molecule has 0 fully saturated rings. The monoisotopic (exact) mass is 354 g/mol. The zero-order valence-electron chi connectivity index (χ0n) is 10.3. The fourth-order valence-electron chi connectivity index (χ4n) is 2.10. The maximum Gasteiger partial charge on any atom is 0.244 e. The number of hydrogen-bond acceptors (Lipinski definition) is 5. The van der Waals surface area contributed by atoms with Crippen molar-refractivity contribution >= 4 is 31.9 Å². The van der Waals surface area contributed by atoms with Gasteiger partial charge in [0, 0.05) is 22.8 Å². The van der Waals surface area contributed by atoms with E-state index in [1.807, 2.05) is 0 Å². The molecule has 0 amide bonds. The molecule has 3 rings (SSSR count). The van der Waals surface area contributed by atoms with E-state index in [9.17, 15) is 8.42 Å². The lowest BCUT2D eigenvalue weighted by Gasteiger charge is -2.16. The quantitative estimate of drug-likeness (QED) is 0.882. The highest BCUT2D eigenvalue weighted by Gasteiger charge is 2.32. The van der Waals surface area contributed by atoms with E-state index < -0.39 is 10.0 Å². The minimum Gasteiger partial charge on any atom is -0.368 e. The van der Waals surface area contributed by atoms with Gasteiger partial charge in [0.2, 0.25) is 16.0 Å². The Bertz CT molecular complexity index is 779. The summed E-state index contributed by atoms with van der Waals surface area (Å²) in [7, 11) is -3.57. The van der Waals surface area contributed by atoms with Crippen LogP contribution < -0.4 is 5.73 Å². The molecule has 1 aliphatic rings. The Hall–Kier alpha value is -1.51. The summed E-state index contributed by atoms with van der Waals surface area (Å²) in [6, 6.07) is 6.74. The summed E-state index contributed by atoms with van der Waals surface area (Å²) < 4.78 is 27.2. The van der Waals surface area contributed by atoms with Gasteiger partial charge in [0.1, 0.15) is 0 Å². The van der Waals surface area contributed by atoms with Gasteiger partial charge in [-0.2, -0.15) is 4.31 Å². The molecule has 1 aromatic heterocycles. The fourth-order valence-corrected chi connectivity index (χ4v) is 4.45. The highest BCUT2D eigenvalue weighted by atomic mass is 79.9. The van der Waals surface area contributed by atoms with E-state index >= 15 is 0 Å². The molecule has 2 N–H and O–H groups in total. The van der Waals surface area contributed by atoms with Crippen LogP contribution >= 0.6 is 15.9 Å². The molecule has 1 aromatic carbocycles. The number of nitrogens with zero attached hydrogens (tertiary/aromatic N) is 3. The second-order valence-corrected chi connectivity index (χ2v) is 7.16. The van der Waals surface area contributed by atoms with Gasteiger partial charge in [-0.05, 0) is 28.1 Å².